The molecule has 0 aromatic heterocycles. The Morgan fingerprint density at radius 1 is 1.18 bits per heavy atom. The molecular formula is C10H19NO6. The Morgan fingerprint density at radius 3 is 2.12 bits per heavy atom. The van der Waals surface area contributed by atoms with E-state index in [4.69, 9.17) is 15.9 Å². The largest absolute Gasteiger partial charge is 0.394 e. The quantitative estimate of drug-likeness (QED) is 0.295. The number of carbonyl (C=O) groups is 2. The lowest BCUT2D eigenvalue weighted by atomic mass is 9.95. The summed E-state index contributed by atoms with van der Waals surface area (Å²) in [5, 5.41) is 36.4. The molecule has 0 amide bonds. The van der Waals surface area contributed by atoms with Crippen LogP contribution >= 0.6 is 0 Å². The molecular weight excluding hydrogens is 230 g/mol. The molecule has 4 atom stereocenters. The van der Waals surface area contributed by atoms with E-state index in [9.17, 15) is 19.8 Å². The highest BCUT2D eigenvalue weighted by Crippen LogP contribution is 2.06. The third-order valence-corrected chi connectivity index (χ3v) is 2.35. The summed E-state index contributed by atoms with van der Waals surface area (Å²) in [4.78, 5) is 22.6. The second kappa shape index (κ2) is 7.46. The lowest BCUT2D eigenvalue weighted by molar-refractivity contribution is -0.142. The van der Waals surface area contributed by atoms with Crippen LogP contribution in [-0.4, -0.2) is 63.0 Å². The van der Waals surface area contributed by atoms with E-state index in [1.807, 2.05) is 0 Å². The number of aliphatic hydroxyl groups is 4. The van der Waals surface area contributed by atoms with Crippen molar-refractivity contribution in [2.75, 3.05) is 6.61 Å². The number of aliphatic hydroxyl groups excluding tert-OH is 4. The van der Waals surface area contributed by atoms with Gasteiger partial charge in [0, 0.05) is 6.42 Å². The smallest absolute Gasteiger partial charge is 0.217 e. The van der Waals surface area contributed by atoms with E-state index in [1.165, 1.54) is 0 Å². The molecule has 0 aliphatic carbocycles. The van der Waals surface area contributed by atoms with Crippen LogP contribution in [0.3, 0.4) is 0 Å². The molecule has 7 heteroatoms. The molecule has 6 N–H and O–H groups in total. The fraction of sp³-hybridized carbons (Fsp3) is 0.800. The number of Topliss-reactive ketones (excluding diaryl/α,β-unsaturated/α-hetero) is 2. The highest BCUT2D eigenvalue weighted by molar-refractivity contribution is 6.39. The summed E-state index contributed by atoms with van der Waals surface area (Å²) in [6.07, 6.45) is -4.73. The first-order chi connectivity index (χ1) is 7.86. The molecule has 0 rings (SSSR count). The molecule has 0 spiro atoms. The zero-order valence-corrected chi connectivity index (χ0v) is 9.61. The van der Waals surface area contributed by atoms with Gasteiger partial charge in [0.05, 0.1) is 6.61 Å². The molecule has 0 aliphatic rings. The van der Waals surface area contributed by atoms with Crippen LogP contribution in [0.1, 0.15) is 19.8 Å². The van der Waals surface area contributed by atoms with Gasteiger partial charge in [0.1, 0.15) is 24.4 Å². The predicted octanol–water partition coefficient (Wildman–Crippen LogP) is -2.67. The van der Waals surface area contributed by atoms with Gasteiger partial charge in [0.15, 0.2) is 5.78 Å². The van der Waals surface area contributed by atoms with E-state index in [2.05, 4.69) is 0 Å². The molecule has 0 saturated heterocycles. The molecule has 0 unspecified atom stereocenters. The Hall–Kier alpha value is -0.860. The second-order valence-corrected chi connectivity index (χ2v) is 3.79. The Morgan fingerprint density at radius 2 is 1.71 bits per heavy atom. The molecule has 0 fully saturated rings. The van der Waals surface area contributed by atoms with Gasteiger partial charge < -0.3 is 26.2 Å². The Kier molecular flexibility index (Phi) is 7.09. The van der Waals surface area contributed by atoms with Crippen LogP contribution in [0.15, 0.2) is 0 Å². The standard InChI is InChI=1S/C10H19NO6/c1-2-3-5(13)8(15)7(11)10(17)9(16)6(14)4-12/h6-7,9-10,12,14,16-17H,2-4,11H2,1H3/t6-,7-,9-,10-/m1/s1. The zero-order chi connectivity index (χ0) is 13.6. The van der Waals surface area contributed by atoms with Crippen molar-refractivity contribution < 1.29 is 30.0 Å². The topological polar surface area (TPSA) is 141 Å². The average molecular weight is 249 g/mol. The summed E-state index contributed by atoms with van der Waals surface area (Å²) in [5.74, 6) is -1.73. The van der Waals surface area contributed by atoms with Crippen molar-refractivity contribution in [3.8, 4) is 0 Å². The van der Waals surface area contributed by atoms with Crippen LogP contribution in [0.5, 0.6) is 0 Å². The predicted molar refractivity (Wildman–Crippen MR) is 58.0 cm³/mol. The number of rotatable bonds is 8. The van der Waals surface area contributed by atoms with Crippen molar-refractivity contribution in [3.63, 3.8) is 0 Å². The van der Waals surface area contributed by atoms with Gasteiger partial charge in [-0.1, -0.05) is 6.92 Å². The van der Waals surface area contributed by atoms with Crippen molar-refractivity contribution in [1.82, 2.24) is 0 Å². The second-order valence-electron chi connectivity index (χ2n) is 3.79. The Balaban J connectivity index is 4.53. The highest BCUT2D eigenvalue weighted by atomic mass is 16.4. The first-order valence-corrected chi connectivity index (χ1v) is 5.34. The van der Waals surface area contributed by atoms with Gasteiger partial charge in [-0.2, -0.15) is 0 Å². The van der Waals surface area contributed by atoms with E-state index < -0.39 is 42.5 Å². The van der Waals surface area contributed by atoms with E-state index in [0.717, 1.165) is 0 Å². The first-order valence-electron chi connectivity index (χ1n) is 5.34. The summed E-state index contributed by atoms with van der Waals surface area (Å²) < 4.78 is 0. The van der Waals surface area contributed by atoms with Crippen LogP contribution in [-0.2, 0) is 9.59 Å². The summed E-state index contributed by atoms with van der Waals surface area (Å²) in [5.41, 5.74) is 5.31. The lowest BCUT2D eigenvalue weighted by Gasteiger charge is -2.25. The summed E-state index contributed by atoms with van der Waals surface area (Å²) in [6, 6.07) is -1.61. The normalized spacial score (nSPS) is 18.2. The van der Waals surface area contributed by atoms with E-state index in [1.54, 1.807) is 6.92 Å². The molecule has 0 radical (unpaired) electrons. The minimum atomic E-state index is -1.80. The maximum atomic E-state index is 11.4. The Labute approximate surface area is 98.9 Å². The minimum Gasteiger partial charge on any atom is -0.394 e. The third-order valence-electron chi connectivity index (χ3n) is 2.35. The Bertz CT molecular complexity index is 270. The number of carbonyl (C=O) groups excluding carboxylic acids is 2. The van der Waals surface area contributed by atoms with Crippen LogP contribution in [0, 0.1) is 0 Å². The van der Waals surface area contributed by atoms with Gasteiger partial charge in [-0.05, 0) is 6.42 Å². The molecule has 100 valence electrons. The maximum Gasteiger partial charge on any atom is 0.217 e. The van der Waals surface area contributed by atoms with Crippen LogP contribution in [0.25, 0.3) is 0 Å². The molecule has 0 aliphatic heterocycles. The molecule has 0 saturated carbocycles. The van der Waals surface area contributed by atoms with Crippen molar-refractivity contribution in [2.45, 2.75) is 44.1 Å². The first kappa shape index (κ1) is 16.1. The molecule has 17 heavy (non-hydrogen) atoms. The van der Waals surface area contributed by atoms with Gasteiger partial charge in [0.25, 0.3) is 0 Å². The summed E-state index contributed by atoms with van der Waals surface area (Å²) >= 11 is 0. The lowest BCUT2D eigenvalue weighted by Crippen LogP contribution is -2.54. The van der Waals surface area contributed by atoms with E-state index in [-0.39, 0.29) is 6.42 Å². The van der Waals surface area contributed by atoms with Gasteiger partial charge in [-0.25, -0.2) is 0 Å². The van der Waals surface area contributed by atoms with Crippen LogP contribution in [0.2, 0.25) is 0 Å². The van der Waals surface area contributed by atoms with E-state index in [0.29, 0.717) is 6.42 Å². The van der Waals surface area contributed by atoms with Crippen molar-refractivity contribution >= 4 is 11.6 Å². The molecule has 0 bridgehead atoms. The van der Waals surface area contributed by atoms with Crippen LogP contribution in [0.4, 0.5) is 0 Å². The van der Waals surface area contributed by atoms with Gasteiger partial charge in [-0.3, -0.25) is 9.59 Å². The van der Waals surface area contributed by atoms with E-state index >= 15 is 0 Å². The summed E-state index contributed by atoms with van der Waals surface area (Å²) in [7, 11) is 0. The third kappa shape index (κ3) is 4.49. The highest BCUT2D eigenvalue weighted by Gasteiger charge is 2.35. The van der Waals surface area contributed by atoms with Gasteiger partial charge in [-0.15, -0.1) is 0 Å². The summed E-state index contributed by atoms with van der Waals surface area (Å²) in [6.45, 7) is 0.916. The fourth-order valence-corrected chi connectivity index (χ4v) is 1.24. The molecule has 0 aromatic rings. The molecule has 0 aromatic carbocycles. The molecule has 0 heterocycles. The van der Waals surface area contributed by atoms with Crippen molar-refractivity contribution in [2.24, 2.45) is 5.73 Å². The number of hydrogen-bond acceptors (Lipinski definition) is 7. The monoisotopic (exact) mass is 249 g/mol. The fourth-order valence-electron chi connectivity index (χ4n) is 1.24. The molecule has 7 nitrogen and oxygen atoms in total. The van der Waals surface area contributed by atoms with Crippen LogP contribution < -0.4 is 5.73 Å². The zero-order valence-electron chi connectivity index (χ0n) is 9.61. The SMILES string of the molecule is CCCC(=O)C(=O)[C@@H](N)[C@@H](O)[C@H](O)[C@H](O)CO. The maximum absolute atomic E-state index is 11.4. The average Bonchev–Trinajstić information content (AvgIpc) is 2.34. The number of ketones is 2. The number of nitrogens with two attached hydrogens (primary N) is 1. The van der Waals surface area contributed by atoms with Crippen molar-refractivity contribution in [1.29, 1.82) is 0 Å². The van der Waals surface area contributed by atoms with Crippen molar-refractivity contribution in [3.05, 3.63) is 0 Å². The van der Waals surface area contributed by atoms with Gasteiger partial charge >= 0.3 is 0 Å². The van der Waals surface area contributed by atoms with Gasteiger partial charge in [0.2, 0.25) is 5.78 Å². The minimum absolute atomic E-state index is 0.0118. The number of hydrogen-bond donors (Lipinski definition) is 5.